The normalized spacial score (nSPS) is 49.7. The molecule has 0 saturated heterocycles. The van der Waals surface area contributed by atoms with Crippen molar-refractivity contribution in [2.45, 2.75) is 51.3 Å². The Hall–Kier alpha value is -1.11. The number of rotatable bonds is 0. The monoisotopic (exact) mass is 256 g/mol. The van der Waals surface area contributed by atoms with E-state index in [0.29, 0.717) is 11.8 Å². The van der Waals surface area contributed by atoms with E-state index in [1.165, 1.54) is 5.56 Å². The van der Waals surface area contributed by atoms with E-state index in [2.05, 4.69) is 13.0 Å². The number of ketones is 1. The summed E-state index contributed by atoms with van der Waals surface area (Å²) in [6.45, 7) is 2.27. The third-order valence-corrected chi connectivity index (χ3v) is 5.84. The van der Waals surface area contributed by atoms with Gasteiger partial charge in [-0.05, 0) is 54.1 Å². The van der Waals surface area contributed by atoms with Crippen LogP contribution in [0.5, 0.6) is 0 Å². The molecule has 1 aromatic carbocycles. The Kier molecular flexibility index (Phi) is 2.02. The van der Waals surface area contributed by atoms with E-state index in [-0.39, 0.29) is 23.5 Å². The average Bonchev–Trinajstić information content (AvgIpc) is 2.78. The van der Waals surface area contributed by atoms with Crippen molar-refractivity contribution in [3.63, 3.8) is 0 Å². The van der Waals surface area contributed by atoms with Crippen molar-refractivity contribution in [3.05, 3.63) is 35.4 Å². The molecule has 0 aromatic heterocycles. The molecule has 6 atom stereocenters. The topological polar surface area (TPSA) is 17.1 Å². The molecule has 100 valence electrons. The second-order valence-electron chi connectivity index (χ2n) is 6.84. The number of hydrogen-bond donors (Lipinski definition) is 0. The maximum absolute atomic E-state index is 12.9. The zero-order valence-corrected chi connectivity index (χ0v) is 11.4. The molecule has 0 radical (unpaired) electrons. The lowest BCUT2D eigenvalue weighted by atomic mass is 9.55. The summed E-state index contributed by atoms with van der Waals surface area (Å²) in [7, 11) is 0. The van der Waals surface area contributed by atoms with E-state index in [9.17, 15) is 4.79 Å². The van der Waals surface area contributed by atoms with Crippen molar-refractivity contribution >= 4 is 5.78 Å². The minimum Gasteiger partial charge on any atom is -0.299 e. The van der Waals surface area contributed by atoms with Gasteiger partial charge in [0.05, 0.1) is 0 Å². The van der Waals surface area contributed by atoms with Gasteiger partial charge in [-0.3, -0.25) is 4.79 Å². The van der Waals surface area contributed by atoms with E-state index in [1.807, 2.05) is 18.2 Å². The number of Topliss-reactive ketones (excluding diaryl/α,β-unsaturated/α-hetero) is 1. The Morgan fingerprint density at radius 2 is 2.11 bits per heavy atom. The first-order chi connectivity index (χ1) is 10.0. The van der Waals surface area contributed by atoms with Gasteiger partial charge in [0.2, 0.25) is 0 Å². The van der Waals surface area contributed by atoms with Crippen LogP contribution in [0.2, 0.25) is 0 Å². The molecule has 0 amide bonds. The molecule has 4 rings (SSSR count). The Bertz CT molecular complexity index is 599. The summed E-state index contributed by atoms with van der Waals surface area (Å²) in [5.41, 5.74) is 2.31. The Labute approximate surface area is 118 Å². The van der Waals surface area contributed by atoms with Crippen LogP contribution in [0.4, 0.5) is 0 Å². The molecule has 2 saturated carbocycles. The molecule has 2 unspecified atom stereocenters. The molecule has 3 aliphatic rings. The van der Waals surface area contributed by atoms with Crippen LogP contribution in [0.15, 0.2) is 24.3 Å². The highest BCUT2D eigenvalue weighted by Gasteiger charge is 2.52. The second kappa shape index (κ2) is 3.94. The van der Waals surface area contributed by atoms with Gasteiger partial charge in [0.15, 0.2) is 0 Å². The fourth-order valence-electron chi connectivity index (χ4n) is 4.82. The van der Waals surface area contributed by atoms with E-state index < -0.39 is 6.40 Å². The molecule has 0 N–H and O–H groups in total. The summed E-state index contributed by atoms with van der Waals surface area (Å²) in [5, 5.41) is 0. The first kappa shape index (κ1) is 9.74. The van der Waals surface area contributed by atoms with Crippen molar-refractivity contribution < 1.29 is 7.54 Å². The predicted octanol–water partition coefficient (Wildman–Crippen LogP) is 4.11. The van der Waals surface area contributed by atoms with Crippen LogP contribution in [0, 0.1) is 17.3 Å². The number of carbonyl (C=O) groups excluding carboxylic acids is 1. The first-order valence-electron chi connectivity index (χ1n) is 8.64. The largest absolute Gasteiger partial charge is 0.299 e. The Morgan fingerprint density at radius 1 is 1.26 bits per heavy atom. The fraction of sp³-hybridized carbons (Fsp3) is 0.611. The van der Waals surface area contributed by atoms with Gasteiger partial charge in [0.25, 0.3) is 0 Å². The van der Waals surface area contributed by atoms with Crippen LogP contribution < -0.4 is 0 Å². The summed E-state index contributed by atoms with van der Waals surface area (Å²) < 4.78 is 16.5. The molecule has 19 heavy (non-hydrogen) atoms. The third-order valence-electron chi connectivity index (χ3n) is 5.84. The second-order valence-corrected chi connectivity index (χ2v) is 6.84. The van der Waals surface area contributed by atoms with E-state index in [1.54, 1.807) is 0 Å². The molecule has 2 fully saturated rings. The molecule has 1 aromatic rings. The van der Waals surface area contributed by atoms with Crippen LogP contribution >= 0.6 is 0 Å². The fourth-order valence-corrected chi connectivity index (χ4v) is 4.82. The van der Waals surface area contributed by atoms with Gasteiger partial charge in [0, 0.05) is 15.1 Å². The van der Waals surface area contributed by atoms with Crippen LogP contribution in [-0.4, -0.2) is 5.78 Å². The zero-order valence-electron chi connectivity index (χ0n) is 13.4. The summed E-state index contributed by atoms with van der Waals surface area (Å²) in [4.78, 5) is 12.9. The Balaban J connectivity index is 1.81. The van der Waals surface area contributed by atoms with Crippen molar-refractivity contribution in [1.82, 2.24) is 0 Å². The van der Waals surface area contributed by atoms with Gasteiger partial charge < -0.3 is 0 Å². The van der Waals surface area contributed by atoms with Gasteiger partial charge in [-0.25, -0.2) is 0 Å². The molecule has 0 heterocycles. The number of benzene rings is 1. The molecule has 0 aliphatic heterocycles. The van der Waals surface area contributed by atoms with E-state index in [0.717, 1.165) is 31.2 Å². The summed E-state index contributed by atoms with van der Waals surface area (Å²) >= 11 is 0. The summed E-state index contributed by atoms with van der Waals surface area (Å²) in [6, 6.07) is 8.05. The Morgan fingerprint density at radius 3 is 3.00 bits per heavy atom. The van der Waals surface area contributed by atoms with Crippen molar-refractivity contribution in [1.29, 1.82) is 0 Å². The summed E-state index contributed by atoms with van der Waals surface area (Å²) in [6.07, 6.45) is 3.21. The van der Waals surface area contributed by atoms with Gasteiger partial charge >= 0.3 is 0 Å². The molecular formula is C18H22O. The molecule has 0 bridgehead atoms. The number of fused-ring (bicyclic) bond motifs is 5. The smallest absolute Gasteiger partial charge is 0.141 e. The molecule has 1 heteroatoms. The average molecular weight is 256 g/mol. The third kappa shape index (κ3) is 1.57. The highest BCUT2D eigenvalue weighted by Crippen LogP contribution is 2.59. The van der Waals surface area contributed by atoms with Crippen LogP contribution in [-0.2, 0) is 11.2 Å². The summed E-state index contributed by atoms with van der Waals surface area (Å²) in [5.74, 6) is 0.700. The molecule has 3 aliphatic carbocycles. The lowest BCUT2D eigenvalue weighted by Crippen LogP contribution is -2.44. The lowest BCUT2D eigenvalue weighted by Gasteiger charge is -2.48. The van der Waals surface area contributed by atoms with Gasteiger partial charge in [-0.1, -0.05) is 37.6 Å². The minimum absolute atomic E-state index is 0.0171. The maximum Gasteiger partial charge on any atom is 0.141 e. The molecule has 0 spiro atoms. The molecule has 1 nitrogen and oxygen atoms in total. The van der Waals surface area contributed by atoms with Crippen LogP contribution in [0.3, 0.4) is 0 Å². The zero-order chi connectivity index (χ0) is 14.8. The SMILES string of the molecule is [2H]C1C[C@H]2[C@@H]3C(=O)C([2H])c4ccccc4[C@H]3CC[C@]2(C)C1. The van der Waals surface area contributed by atoms with E-state index >= 15 is 0 Å². The van der Waals surface area contributed by atoms with Crippen molar-refractivity contribution in [2.24, 2.45) is 17.3 Å². The lowest BCUT2D eigenvalue weighted by molar-refractivity contribution is -0.129. The predicted molar refractivity (Wildman–Crippen MR) is 76.1 cm³/mol. The van der Waals surface area contributed by atoms with E-state index in [4.69, 9.17) is 2.74 Å². The van der Waals surface area contributed by atoms with Gasteiger partial charge in [-0.2, -0.15) is 0 Å². The van der Waals surface area contributed by atoms with Crippen molar-refractivity contribution in [2.75, 3.05) is 0 Å². The first-order valence-corrected chi connectivity index (χ1v) is 7.48. The highest BCUT2D eigenvalue weighted by atomic mass is 16.1. The highest BCUT2D eigenvalue weighted by molar-refractivity contribution is 5.87. The van der Waals surface area contributed by atoms with Crippen molar-refractivity contribution in [3.8, 4) is 0 Å². The number of carbonyl (C=O) groups is 1. The molecular weight excluding hydrogens is 232 g/mol. The quantitative estimate of drug-likeness (QED) is 0.682. The standard InChI is InChI=1S/C18H22O/c1-18-9-4-7-15(18)17-14(8-10-18)13-6-3-2-5-12(13)11-16(17)19/h2-3,5-6,14-15,17H,4,7-11H2,1H3/t14-,15+,17-,18+/m1/s1/i4D,11D/t4?,11?,14-,15+,17-,18+. The van der Waals surface area contributed by atoms with Crippen LogP contribution in [0.25, 0.3) is 0 Å². The van der Waals surface area contributed by atoms with Crippen LogP contribution in [0.1, 0.15) is 58.8 Å². The minimum atomic E-state index is -0.713. The van der Waals surface area contributed by atoms with Gasteiger partial charge in [0.1, 0.15) is 5.78 Å². The van der Waals surface area contributed by atoms with Gasteiger partial charge in [-0.15, -0.1) is 0 Å². The number of hydrogen-bond acceptors (Lipinski definition) is 1. The maximum atomic E-state index is 12.9.